The summed E-state index contributed by atoms with van der Waals surface area (Å²) >= 11 is 0. The molecule has 1 amide bonds. The Kier molecular flexibility index (Phi) is 5.95. The van der Waals surface area contributed by atoms with Gasteiger partial charge in [-0.2, -0.15) is 8.78 Å². The first-order valence-corrected chi connectivity index (χ1v) is 8.61. The summed E-state index contributed by atoms with van der Waals surface area (Å²) in [5, 5.41) is 25.0. The van der Waals surface area contributed by atoms with Crippen LogP contribution >= 0.6 is 0 Å². The highest BCUT2D eigenvalue weighted by Gasteiger charge is 2.31. The van der Waals surface area contributed by atoms with Gasteiger partial charge < -0.3 is 15.5 Å². The summed E-state index contributed by atoms with van der Waals surface area (Å²) in [5.74, 6) is -2.72. The van der Waals surface area contributed by atoms with Gasteiger partial charge in [0.2, 0.25) is 5.90 Å². The average Bonchev–Trinajstić information content (AvgIpc) is 3.03. The molecule has 0 fully saturated rings. The highest BCUT2D eigenvalue weighted by atomic mass is 19.3. The molecule has 0 saturated heterocycles. The Morgan fingerprint density at radius 1 is 1.20 bits per heavy atom. The van der Waals surface area contributed by atoms with E-state index < -0.39 is 29.9 Å². The molecule has 0 saturated carbocycles. The van der Waals surface area contributed by atoms with E-state index >= 15 is 0 Å². The van der Waals surface area contributed by atoms with Crippen molar-refractivity contribution in [3.63, 3.8) is 0 Å². The predicted molar refractivity (Wildman–Crippen MR) is 105 cm³/mol. The molecule has 0 bridgehead atoms. The van der Waals surface area contributed by atoms with Crippen LogP contribution in [0.25, 0.3) is 0 Å². The van der Waals surface area contributed by atoms with Crippen LogP contribution in [0.3, 0.4) is 0 Å². The number of hydrogen-bond donors (Lipinski definition) is 4. The van der Waals surface area contributed by atoms with Crippen molar-refractivity contribution < 1.29 is 22.7 Å². The van der Waals surface area contributed by atoms with Crippen molar-refractivity contribution in [3.8, 4) is 0 Å². The van der Waals surface area contributed by atoms with Crippen molar-refractivity contribution in [3.05, 3.63) is 76.9 Å². The Labute approximate surface area is 169 Å². The molecule has 0 spiro atoms. The first-order chi connectivity index (χ1) is 14.3. The fourth-order valence-corrected chi connectivity index (χ4v) is 2.84. The summed E-state index contributed by atoms with van der Waals surface area (Å²) in [6.45, 7) is 0.150. The molecule has 1 aliphatic heterocycles. The van der Waals surface area contributed by atoms with Gasteiger partial charge in [0, 0.05) is 23.0 Å². The van der Waals surface area contributed by atoms with Crippen molar-refractivity contribution in [2.45, 2.75) is 13.0 Å². The van der Waals surface area contributed by atoms with Gasteiger partial charge in [0.1, 0.15) is 11.6 Å². The van der Waals surface area contributed by atoms with Gasteiger partial charge in [-0.1, -0.05) is 12.1 Å². The van der Waals surface area contributed by atoms with Crippen LogP contribution in [-0.4, -0.2) is 35.2 Å². The van der Waals surface area contributed by atoms with Crippen LogP contribution in [0.4, 0.5) is 18.9 Å². The van der Waals surface area contributed by atoms with Crippen molar-refractivity contribution in [1.29, 1.82) is 16.2 Å². The third-order valence-corrected chi connectivity index (χ3v) is 4.22. The van der Waals surface area contributed by atoms with Crippen LogP contribution < -0.4 is 5.32 Å². The summed E-state index contributed by atoms with van der Waals surface area (Å²) < 4.78 is 42.8. The second kappa shape index (κ2) is 8.60. The molecule has 1 aliphatic rings. The number of allylic oxidation sites excluding steroid dienone is 1. The maximum absolute atomic E-state index is 13.5. The summed E-state index contributed by atoms with van der Waals surface area (Å²) in [7, 11) is 0. The Hall–Kier alpha value is -3.95. The van der Waals surface area contributed by atoms with Gasteiger partial charge in [-0.15, -0.1) is 0 Å². The molecule has 1 heterocycles. The summed E-state index contributed by atoms with van der Waals surface area (Å²) in [4.78, 5) is 14.2. The second-order valence-corrected chi connectivity index (χ2v) is 6.21. The molecule has 2 aromatic rings. The monoisotopic (exact) mass is 415 g/mol. The number of fused-ring (bicyclic) bond motifs is 1. The van der Waals surface area contributed by atoms with E-state index in [1.165, 1.54) is 41.3 Å². The molecule has 0 aliphatic carbocycles. The smallest absolute Gasteiger partial charge is 0.312 e. The number of carbonyl (C=O) groups excluding carboxylic acids is 1. The third-order valence-electron chi connectivity index (χ3n) is 4.22. The zero-order valence-electron chi connectivity index (χ0n) is 15.4. The topological polar surface area (TPSA) is 113 Å². The number of rotatable bonds is 6. The Balaban J connectivity index is 1.83. The van der Waals surface area contributed by atoms with Crippen molar-refractivity contribution >= 4 is 29.6 Å². The minimum Gasteiger partial charge on any atom is -0.419 e. The largest absolute Gasteiger partial charge is 0.419 e. The highest BCUT2D eigenvalue weighted by molar-refractivity contribution is 6.05. The maximum atomic E-state index is 13.5. The van der Waals surface area contributed by atoms with Crippen molar-refractivity contribution in [2.75, 3.05) is 5.32 Å². The van der Waals surface area contributed by atoms with Gasteiger partial charge in [0.05, 0.1) is 6.54 Å². The summed E-state index contributed by atoms with van der Waals surface area (Å²) in [5.41, 5.74) is 1.28. The van der Waals surface area contributed by atoms with E-state index in [0.717, 1.165) is 6.21 Å². The quantitative estimate of drug-likeness (QED) is 0.423. The van der Waals surface area contributed by atoms with E-state index in [4.69, 9.17) is 16.2 Å². The van der Waals surface area contributed by atoms with Gasteiger partial charge in [-0.25, -0.2) is 4.39 Å². The zero-order chi connectivity index (χ0) is 21.8. The number of alkyl halides is 2. The maximum Gasteiger partial charge on any atom is 0.312 e. The molecule has 4 N–H and O–H groups in total. The van der Waals surface area contributed by atoms with Crippen LogP contribution in [0.5, 0.6) is 0 Å². The average molecular weight is 415 g/mol. The lowest BCUT2D eigenvalue weighted by molar-refractivity contribution is 0.0828. The lowest BCUT2D eigenvalue weighted by Gasteiger charge is -2.21. The Bertz CT molecular complexity index is 1070. The lowest BCUT2D eigenvalue weighted by atomic mass is 10.1. The number of amides is 1. The molecule has 154 valence electrons. The Morgan fingerprint density at radius 2 is 1.97 bits per heavy atom. The predicted octanol–water partition coefficient (Wildman–Crippen LogP) is 3.97. The van der Waals surface area contributed by atoms with E-state index in [2.05, 4.69) is 10.1 Å². The third kappa shape index (κ3) is 4.37. The number of carbonyl (C=O) groups is 1. The first kappa shape index (κ1) is 20.8. The molecule has 0 aromatic heterocycles. The zero-order valence-corrected chi connectivity index (χ0v) is 15.4. The molecule has 0 unspecified atom stereocenters. The minimum absolute atomic E-state index is 0.0602. The molecule has 30 heavy (non-hydrogen) atoms. The second-order valence-electron chi connectivity index (χ2n) is 6.21. The van der Waals surface area contributed by atoms with E-state index in [-0.39, 0.29) is 23.5 Å². The van der Waals surface area contributed by atoms with Crippen molar-refractivity contribution in [1.82, 2.24) is 4.90 Å². The number of anilines is 1. The standard InChI is InChI=1S/C20H16F3N5O2/c21-13-2-1-3-14(9-13)27-16(6-7-24)28-10-12-5-4-11(8-15(12)20(28)29)18(25)30-19(26)17(22)23/h1-9,17,24-27H,10H2/b16-6+,24-7?,25-18?,26-19?. The van der Waals surface area contributed by atoms with Gasteiger partial charge in [0.25, 0.3) is 11.8 Å². The SMILES string of the molecule is N=C/C=C(\Nc1cccc(F)c1)N1Cc2ccc(C(=N)OC(=N)C(F)F)cc2C1=O. The molecular formula is C20H16F3N5O2. The lowest BCUT2D eigenvalue weighted by Crippen LogP contribution is -2.28. The number of ether oxygens (including phenoxy) is 1. The molecular weight excluding hydrogens is 399 g/mol. The number of benzene rings is 2. The Morgan fingerprint density at radius 3 is 2.63 bits per heavy atom. The van der Waals surface area contributed by atoms with Gasteiger partial charge in [-0.05, 0) is 42.0 Å². The first-order valence-electron chi connectivity index (χ1n) is 8.61. The van der Waals surface area contributed by atoms with Crippen molar-refractivity contribution in [2.24, 2.45) is 0 Å². The summed E-state index contributed by atoms with van der Waals surface area (Å²) in [6, 6.07) is 9.91. The van der Waals surface area contributed by atoms with Crippen LogP contribution in [0.15, 0.2) is 54.4 Å². The van der Waals surface area contributed by atoms with E-state index in [1.807, 2.05) is 0 Å². The highest BCUT2D eigenvalue weighted by Crippen LogP contribution is 2.28. The van der Waals surface area contributed by atoms with E-state index in [9.17, 15) is 18.0 Å². The van der Waals surface area contributed by atoms with Gasteiger partial charge >= 0.3 is 6.43 Å². The number of hydrogen-bond acceptors (Lipinski definition) is 6. The molecule has 0 atom stereocenters. The molecule has 0 radical (unpaired) electrons. The molecule has 3 rings (SSSR count). The van der Waals surface area contributed by atoms with Gasteiger partial charge in [-0.3, -0.25) is 20.5 Å². The number of nitrogens with zero attached hydrogens (tertiary/aromatic N) is 1. The van der Waals surface area contributed by atoms with Crippen LogP contribution in [-0.2, 0) is 11.3 Å². The van der Waals surface area contributed by atoms with E-state index in [1.54, 1.807) is 12.1 Å². The van der Waals surface area contributed by atoms with Crippen LogP contribution in [0, 0.1) is 22.0 Å². The normalized spacial score (nSPS) is 13.3. The van der Waals surface area contributed by atoms with Gasteiger partial charge in [0.15, 0.2) is 0 Å². The molecule has 2 aromatic carbocycles. The van der Waals surface area contributed by atoms with Crippen LogP contribution in [0.2, 0.25) is 0 Å². The fraction of sp³-hybridized carbons (Fsp3) is 0.100. The molecule has 10 heteroatoms. The minimum atomic E-state index is -3.15. The van der Waals surface area contributed by atoms with Crippen LogP contribution in [0.1, 0.15) is 21.5 Å². The molecule has 7 nitrogen and oxygen atoms in total. The number of nitrogens with one attached hydrogen (secondary N) is 4. The summed E-state index contributed by atoms with van der Waals surface area (Å²) in [6.07, 6.45) is -0.840. The van der Waals surface area contributed by atoms with E-state index in [0.29, 0.717) is 11.3 Å². The number of halogens is 3. The fourth-order valence-electron chi connectivity index (χ4n) is 2.84.